The van der Waals surface area contributed by atoms with Gasteiger partial charge < -0.3 is 9.30 Å². The maximum Gasteiger partial charge on any atom is 0.321 e. The van der Waals surface area contributed by atoms with E-state index in [2.05, 4.69) is 0 Å². The molecule has 1 amide bonds. The van der Waals surface area contributed by atoms with Gasteiger partial charge in [0.15, 0.2) is 5.92 Å². The molecule has 2 heterocycles. The first-order valence-electron chi connectivity index (χ1n) is 11.3. The molecule has 34 heavy (non-hydrogen) atoms. The fraction of sp³-hybridized carbons (Fsp3) is 0.222. The van der Waals surface area contributed by atoms with Crippen LogP contribution in [0.4, 0.5) is 5.95 Å². The summed E-state index contributed by atoms with van der Waals surface area (Å²) in [5, 5.41) is 0.482. The summed E-state index contributed by atoms with van der Waals surface area (Å²) in [4.78, 5) is 33.6. The van der Waals surface area contributed by atoms with Gasteiger partial charge in [0.1, 0.15) is 0 Å². The largest absolute Gasteiger partial charge is 0.465 e. The number of rotatable bonds is 6. The highest BCUT2D eigenvalue weighted by molar-refractivity contribution is 6.31. The zero-order chi connectivity index (χ0) is 23.7. The van der Waals surface area contributed by atoms with Crippen molar-refractivity contribution in [2.24, 2.45) is 5.92 Å². The molecule has 4 aromatic rings. The van der Waals surface area contributed by atoms with Gasteiger partial charge in [-0.15, -0.1) is 0 Å². The topological polar surface area (TPSA) is 64.4 Å². The molecular weight excluding hydrogens is 450 g/mol. The molecule has 0 saturated carbocycles. The first-order valence-corrected chi connectivity index (χ1v) is 11.7. The number of halogens is 1. The van der Waals surface area contributed by atoms with Crippen LogP contribution in [-0.4, -0.2) is 34.6 Å². The van der Waals surface area contributed by atoms with Gasteiger partial charge >= 0.3 is 5.97 Å². The second-order valence-electron chi connectivity index (χ2n) is 8.19. The summed E-state index contributed by atoms with van der Waals surface area (Å²) < 4.78 is 7.36. The number of fused-ring (bicyclic) bond motifs is 3. The molecule has 0 unspecified atom stereocenters. The number of aromatic nitrogens is 2. The number of carbonyl (C=O) groups excluding carboxylic acids is 2. The van der Waals surface area contributed by atoms with E-state index in [1.165, 1.54) is 0 Å². The van der Waals surface area contributed by atoms with E-state index in [1.54, 1.807) is 17.9 Å². The monoisotopic (exact) mass is 473 g/mol. The van der Waals surface area contributed by atoms with Crippen molar-refractivity contribution >= 4 is 40.5 Å². The quantitative estimate of drug-likeness (QED) is 0.290. The van der Waals surface area contributed by atoms with Crippen molar-refractivity contribution < 1.29 is 14.3 Å². The van der Waals surface area contributed by atoms with E-state index in [0.29, 0.717) is 29.5 Å². The number of hydrogen-bond donors (Lipinski definition) is 0. The van der Waals surface area contributed by atoms with Crippen LogP contribution in [0.5, 0.6) is 0 Å². The van der Waals surface area contributed by atoms with Crippen molar-refractivity contribution in [1.29, 1.82) is 0 Å². The third-order valence-corrected chi connectivity index (χ3v) is 6.52. The molecule has 1 aliphatic rings. The van der Waals surface area contributed by atoms with Crippen molar-refractivity contribution in [3.05, 3.63) is 95.0 Å². The number of hydrogen-bond acceptors (Lipinski definition) is 4. The molecular formula is C27H24ClN3O3. The summed E-state index contributed by atoms with van der Waals surface area (Å²) in [6.45, 7) is 2.30. The summed E-state index contributed by atoms with van der Waals surface area (Å²) in [5.74, 6) is -1.47. The summed E-state index contributed by atoms with van der Waals surface area (Å²) >= 11 is 6.60. The van der Waals surface area contributed by atoms with Crippen LogP contribution in [-0.2, 0) is 20.7 Å². The van der Waals surface area contributed by atoms with E-state index in [-0.39, 0.29) is 12.5 Å². The van der Waals surface area contributed by atoms with E-state index >= 15 is 0 Å². The standard InChI is InChI=1S/C27H24ClN3O3/c1-2-34-26(33)23-24(19-12-6-7-13-20(19)28)31-22-15-9-8-14-21(22)29-27(31)30(25(23)32)17-16-18-10-4-3-5-11-18/h3-15,23-24H,2,16-17H2,1H3/t23-,24+/m1/s1. The SMILES string of the molecule is CCOC(=O)[C@H]1C(=O)N(CCc2ccccc2)c2nc3ccccc3n2[C@H]1c1ccccc1Cl. The summed E-state index contributed by atoms with van der Waals surface area (Å²) in [5.41, 5.74) is 3.35. The van der Waals surface area contributed by atoms with Crippen LogP contribution in [0.15, 0.2) is 78.9 Å². The van der Waals surface area contributed by atoms with Crippen molar-refractivity contribution in [1.82, 2.24) is 9.55 Å². The van der Waals surface area contributed by atoms with Crippen molar-refractivity contribution in [3.8, 4) is 0 Å². The molecule has 0 saturated heterocycles. The Kier molecular flexibility index (Phi) is 6.07. The molecule has 1 aliphatic heterocycles. The fourth-order valence-corrected chi connectivity index (χ4v) is 4.89. The molecule has 172 valence electrons. The van der Waals surface area contributed by atoms with Crippen LogP contribution in [0.25, 0.3) is 11.0 Å². The van der Waals surface area contributed by atoms with Crippen LogP contribution in [0, 0.1) is 5.92 Å². The Balaban J connectivity index is 1.70. The average Bonchev–Trinajstić information content (AvgIpc) is 3.23. The molecule has 3 aromatic carbocycles. The summed E-state index contributed by atoms with van der Waals surface area (Å²) in [6.07, 6.45) is 0.627. The Morgan fingerprint density at radius 2 is 1.71 bits per heavy atom. The molecule has 0 radical (unpaired) electrons. The van der Waals surface area contributed by atoms with Gasteiger partial charge in [-0.25, -0.2) is 4.98 Å². The molecule has 0 bridgehead atoms. The van der Waals surface area contributed by atoms with Gasteiger partial charge in [-0.2, -0.15) is 0 Å². The van der Waals surface area contributed by atoms with Gasteiger partial charge in [0, 0.05) is 11.6 Å². The van der Waals surface area contributed by atoms with E-state index < -0.39 is 17.9 Å². The van der Waals surface area contributed by atoms with Crippen molar-refractivity contribution in [3.63, 3.8) is 0 Å². The van der Waals surface area contributed by atoms with Gasteiger partial charge in [0.25, 0.3) is 0 Å². The number of esters is 1. The van der Waals surface area contributed by atoms with Crippen LogP contribution in [0.2, 0.25) is 5.02 Å². The van der Waals surface area contributed by atoms with Crippen LogP contribution in [0.3, 0.4) is 0 Å². The molecule has 0 N–H and O–H groups in total. The van der Waals surface area contributed by atoms with Gasteiger partial charge in [-0.1, -0.05) is 72.3 Å². The minimum absolute atomic E-state index is 0.180. The van der Waals surface area contributed by atoms with E-state index in [0.717, 1.165) is 16.6 Å². The molecule has 0 aliphatic carbocycles. The molecule has 2 atom stereocenters. The Bertz CT molecular complexity index is 1350. The van der Waals surface area contributed by atoms with Crippen molar-refractivity contribution in [2.45, 2.75) is 19.4 Å². The molecule has 0 fully saturated rings. The van der Waals surface area contributed by atoms with Gasteiger partial charge in [-0.3, -0.25) is 14.5 Å². The second kappa shape index (κ2) is 9.31. The normalized spacial score (nSPS) is 17.6. The number of anilines is 1. The number of para-hydroxylation sites is 2. The lowest BCUT2D eigenvalue weighted by Gasteiger charge is -2.38. The highest BCUT2D eigenvalue weighted by Crippen LogP contribution is 2.43. The van der Waals surface area contributed by atoms with Crippen molar-refractivity contribution in [2.75, 3.05) is 18.1 Å². The summed E-state index contributed by atoms with van der Waals surface area (Å²) in [6, 6.07) is 24.3. The fourth-order valence-electron chi connectivity index (χ4n) is 4.64. The zero-order valence-electron chi connectivity index (χ0n) is 18.7. The molecule has 7 heteroatoms. The van der Waals surface area contributed by atoms with Crippen LogP contribution >= 0.6 is 11.6 Å². The highest BCUT2D eigenvalue weighted by Gasteiger charge is 2.48. The summed E-state index contributed by atoms with van der Waals surface area (Å²) in [7, 11) is 0. The van der Waals surface area contributed by atoms with Gasteiger partial charge in [0.2, 0.25) is 11.9 Å². The first kappa shape index (κ1) is 22.2. The van der Waals surface area contributed by atoms with E-state index in [1.807, 2.05) is 77.4 Å². The van der Waals surface area contributed by atoms with E-state index in [9.17, 15) is 9.59 Å². The number of carbonyl (C=O) groups is 2. The predicted molar refractivity (Wildman–Crippen MR) is 132 cm³/mol. The number of ether oxygens (including phenoxy) is 1. The number of benzene rings is 3. The first-order chi connectivity index (χ1) is 16.6. The maximum atomic E-state index is 13.9. The zero-order valence-corrected chi connectivity index (χ0v) is 19.5. The lowest BCUT2D eigenvalue weighted by molar-refractivity contribution is -0.153. The Morgan fingerprint density at radius 3 is 2.47 bits per heavy atom. The Labute approximate surface area is 202 Å². The number of imidazole rings is 1. The smallest absolute Gasteiger partial charge is 0.321 e. The van der Waals surface area contributed by atoms with Crippen LogP contribution in [0.1, 0.15) is 24.1 Å². The lowest BCUT2D eigenvalue weighted by atomic mass is 9.89. The van der Waals surface area contributed by atoms with Gasteiger partial charge in [0.05, 0.1) is 23.7 Å². The number of nitrogens with zero attached hydrogens (tertiary/aromatic N) is 3. The third-order valence-electron chi connectivity index (χ3n) is 6.18. The van der Waals surface area contributed by atoms with Gasteiger partial charge in [-0.05, 0) is 42.7 Å². The third kappa shape index (κ3) is 3.84. The molecule has 0 spiro atoms. The number of amides is 1. The van der Waals surface area contributed by atoms with Crippen LogP contribution < -0.4 is 4.90 Å². The molecule has 6 nitrogen and oxygen atoms in total. The molecule has 5 rings (SSSR count). The highest BCUT2D eigenvalue weighted by atomic mass is 35.5. The average molecular weight is 474 g/mol. The minimum atomic E-state index is -1.08. The minimum Gasteiger partial charge on any atom is -0.465 e. The Morgan fingerprint density at radius 1 is 1.00 bits per heavy atom. The maximum absolute atomic E-state index is 13.9. The molecule has 1 aromatic heterocycles. The van der Waals surface area contributed by atoms with E-state index in [4.69, 9.17) is 21.3 Å². The predicted octanol–water partition coefficient (Wildman–Crippen LogP) is 5.05. The second-order valence-corrected chi connectivity index (χ2v) is 8.60. The Hall–Kier alpha value is -3.64. The lowest BCUT2D eigenvalue weighted by Crippen LogP contribution is -2.50.